The highest BCUT2D eigenvalue weighted by molar-refractivity contribution is 6.30. The summed E-state index contributed by atoms with van der Waals surface area (Å²) in [4.78, 5) is 11.3. The molecule has 0 heterocycles. The molecule has 1 aromatic carbocycles. The zero-order chi connectivity index (χ0) is 12.7. The fraction of sp³-hybridized carbons (Fsp3) is 0.333. The highest BCUT2D eigenvalue weighted by atomic mass is 35.5. The molecule has 1 amide bonds. The van der Waals surface area contributed by atoms with Gasteiger partial charge in [-0.05, 0) is 37.1 Å². The molecule has 1 N–H and O–H groups in total. The molecule has 92 valence electrons. The van der Waals surface area contributed by atoms with Gasteiger partial charge in [-0.3, -0.25) is 4.79 Å². The van der Waals surface area contributed by atoms with Gasteiger partial charge < -0.3 is 4.74 Å². The Balaban J connectivity index is 2.44. The second-order valence-corrected chi connectivity index (χ2v) is 3.89. The van der Waals surface area contributed by atoms with Gasteiger partial charge in [-0.15, -0.1) is 0 Å². The largest absolute Gasteiger partial charge is 0.483 e. The Morgan fingerprint density at radius 2 is 2.35 bits per heavy atom. The molecule has 0 unspecified atom stereocenters. The number of nitrogens with zero attached hydrogens (tertiary/aromatic N) is 1. The molecule has 0 aromatic heterocycles. The quantitative estimate of drug-likeness (QED) is 0.649. The van der Waals surface area contributed by atoms with E-state index in [4.69, 9.17) is 16.3 Å². The van der Waals surface area contributed by atoms with E-state index in [1.54, 1.807) is 24.4 Å². The number of carbonyl (C=O) groups is 1. The van der Waals surface area contributed by atoms with E-state index in [9.17, 15) is 4.79 Å². The number of benzene rings is 1. The molecule has 1 rings (SSSR count). The molecule has 0 aliphatic carbocycles. The van der Waals surface area contributed by atoms with Crippen LogP contribution in [0.4, 0.5) is 0 Å². The molecule has 0 bridgehead atoms. The molecule has 0 aliphatic heterocycles. The van der Waals surface area contributed by atoms with Gasteiger partial charge >= 0.3 is 0 Å². The molecule has 5 heteroatoms. The van der Waals surface area contributed by atoms with E-state index < -0.39 is 0 Å². The first-order valence-electron chi connectivity index (χ1n) is 5.32. The predicted molar refractivity (Wildman–Crippen MR) is 68.6 cm³/mol. The number of hydrazone groups is 1. The van der Waals surface area contributed by atoms with Crippen molar-refractivity contribution in [3.63, 3.8) is 0 Å². The van der Waals surface area contributed by atoms with Crippen LogP contribution in [-0.4, -0.2) is 18.7 Å². The van der Waals surface area contributed by atoms with Gasteiger partial charge in [0, 0.05) is 11.2 Å². The lowest BCUT2D eigenvalue weighted by Crippen LogP contribution is -2.24. The van der Waals surface area contributed by atoms with Crippen LogP contribution < -0.4 is 10.2 Å². The van der Waals surface area contributed by atoms with Crippen molar-refractivity contribution >= 4 is 23.7 Å². The number of rotatable bonds is 5. The highest BCUT2D eigenvalue weighted by Crippen LogP contribution is 2.21. The molecular weight excluding hydrogens is 240 g/mol. The fourth-order valence-corrected chi connectivity index (χ4v) is 1.39. The van der Waals surface area contributed by atoms with Gasteiger partial charge in [-0.1, -0.05) is 18.5 Å². The molecule has 0 fully saturated rings. The Morgan fingerprint density at radius 3 is 3.00 bits per heavy atom. The van der Waals surface area contributed by atoms with Crippen LogP contribution in [0, 0.1) is 6.92 Å². The smallest absolute Gasteiger partial charge is 0.277 e. The predicted octanol–water partition coefficient (Wildman–Crippen LogP) is 2.54. The Hall–Kier alpha value is -1.55. The summed E-state index contributed by atoms with van der Waals surface area (Å²) < 4.78 is 5.34. The summed E-state index contributed by atoms with van der Waals surface area (Å²) in [5.41, 5.74) is 3.26. The number of hydrogen-bond acceptors (Lipinski definition) is 3. The van der Waals surface area contributed by atoms with Crippen molar-refractivity contribution in [2.24, 2.45) is 5.10 Å². The van der Waals surface area contributed by atoms with E-state index in [0.717, 1.165) is 12.0 Å². The first-order chi connectivity index (χ1) is 8.13. The second-order valence-electron chi connectivity index (χ2n) is 3.45. The first-order valence-corrected chi connectivity index (χ1v) is 5.70. The van der Waals surface area contributed by atoms with Crippen molar-refractivity contribution in [3.05, 3.63) is 28.8 Å². The summed E-state index contributed by atoms with van der Waals surface area (Å²) in [5.74, 6) is 0.355. The standard InChI is InChI=1S/C12H15ClN2O2/c1-3-6-14-15-12(16)8-17-11-5-4-10(13)7-9(11)2/h4-7H,3,8H2,1-2H3,(H,15,16)/b14-6+. The molecular formula is C12H15ClN2O2. The fourth-order valence-electron chi connectivity index (χ4n) is 1.16. The van der Waals surface area contributed by atoms with Crippen LogP contribution in [0.1, 0.15) is 18.9 Å². The summed E-state index contributed by atoms with van der Waals surface area (Å²) in [6.07, 6.45) is 2.39. The number of amides is 1. The summed E-state index contributed by atoms with van der Waals surface area (Å²) >= 11 is 5.81. The van der Waals surface area contributed by atoms with Crippen molar-refractivity contribution in [2.75, 3.05) is 6.61 Å². The summed E-state index contributed by atoms with van der Waals surface area (Å²) in [7, 11) is 0. The molecule has 4 nitrogen and oxygen atoms in total. The SMILES string of the molecule is CC/C=N/NC(=O)COc1ccc(Cl)cc1C. The number of aryl methyl sites for hydroxylation is 1. The van der Waals surface area contributed by atoms with Crippen molar-refractivity contribution in [1.82, 2.24) is 5.43 Å². The average Bonchev–Trinajstić information content (AvgIpc) is 2.28. The van der Waals surface area contributed by atoms with Gasteiger partial charge in [0.05, 0.1) is 0 Å². The summed E-state index contributed by atoms with van der Waals surface area (Å²) in [6.45, 7) is 3.74. The number of nitrogens with one attached hydrogen (secondary N) is 1. The van der Waals surface area contributed by atoms with Gasteiger partial charge in [0.2, 0.25) is 0 Å². The van der Waals surface area contributed by atoms with Crippen LogP contribution >= 0.6 is 11.6 Å². The first kappa shape index (κ1) is 13.5. The minimum atomic E-state index is -0.288. The van der Waals surface area contributed by atoms with Gasteiger partial charge in [0.15, 0.2) is 6.61 Å². The van der Waals surface area contributed by atoms with Gasteiger partial charge in [-0.2, -0.15) is 5.10 Å². The zero-order valence-electron chi connectivity index (χ0n) is 9.87. The molecule has 0 radical (unpaired) electrons. The van der Waals surface area contributed by atoms with Crippen LogP contribution in [0.25, 0.3) is 0 Å². The highest BCUT2D eigenvalue weighted by Gasteiger charge is 2.04. The normalized spacial score (nSPS) is 10.5. The van der Waals surface area contributed by atoms with E-state index >= 15 is 0 Å². The van der Waals surface area contributed by atoms with E-state index in [1.165, 1.54) is 0 Å². The Labute approximate surface area is 106 Å². The molecule has 0 saturated carbocycles. The Bertz CT molecular complexity index is 419. The topological polar surface area (TPSA) is 50.7 Å². The number of carbonyl (C=O) groups excluding carboxylic acids is 1. The maximum absolute atomic E-state index is 11.3. The summed E-state index contributed by atoms with van der Waals surface area (Å²) in [5, 5.41) is 4.36. The number of hydrogen-bond donors (Lipinski definition) is 1. The minimum absolute atomic E-state index is 0.0659. The van der Waals surface area contributed by atoms with E-state index in [-0.39, 0.29) is 12.5 Å². The van der Waals surface area contributed by atoms with E-state index in [0.29, 0.717) is 10.8 Å². The van der Waals surface area contributed by atoms with Crippen molar-refractivity contribution in [2.45, 2.75) is 20.3 Å². The third-order valence-electron chi connectivity index (χ3n) is 1.96. The van der Waals surface area contributed by atoms with E-state index in [2.05, 4.69) is 10.5 Å². The second kappa shape index (κ2) is 6.91. The monoisotopic (exact) mass is 254 g/mol. The van der Waals surface area contributed by atoms with Crippen LogP contribution in [0.3, 0.4) is 0 Å². The number of halogens is 1. The Kier molecular flexibility index (Phi) is 5.49. The van der Waals surface area contributed by atoms with Crippen LogP contribution in [0.2, 0.25) is 5.02 Å². The molecule has 0 saturated heterocycles. The maximum Gasteiger partial charge on any atom is 0.277 e. The minimum Gasteiger partial charge on any atom is -0.483 e. The van der Waals surface area contributed by atoms with E-state index in [1.807, 2.05) is 13.8 Å². The van der Waals surface area contributed by atoms with Gasteiger partial charge in [0.1, 0.15) is 5.75 Å². The Morgan fingerprint density at radius 1 is 1.59 bits per heavy atom. The lowest BCUT2D eigenvalue weighted by molar-refractivity contribution is -0.123. The molecule has 1 aromatic rings. The van der Waals surface area contributed by atoms with Crippen molar-refractivity contribution in [3.8, 4) is 5.75 Å². The van der Waals surface area contributed by atoms with Crippen molar-refractivity contribution < 1.29 is 9.53 Å². The lowest BCUT2D eigenvalue weighted by atomic mass is 10.2. The zero-order valence-corrected chi connectivity index (χ0v) is 10.6. The molecule has 0 spiro atoms. The molecule has 17 heavy (non-hydrogen) atoms. The summed E-state index contributed by atoms with van der Waals surface area (Å²) in [6, 6.07) is 5.24. The maximum atomic E-state index is 11.3. The van der Waals surface area contributed by atoms with Crippen LogP contribution in [-0.2, 0) is 4.79 Å². The van der Waals surface area contributed by atoms with Crippen molar-refractivity contribution in [1.29, 1.82) is 0 Å². The van der Waals surface area contributed by atoms with Gasteiger partial charge in [0.25, 0.3) is 5.91 Å². The van der Waals surface area contributed by atoms with Crippen LogP contribution in [0.15, 0.2) is 23.3 Å². The average molecular weight is 255 g/mol. The van der Waals surface area contributed by atoms with Crippen LogP contribution in [0.5, 0.6) is 5.75 Å². The lowest BCUT2D eigenvalue weighted by Gasteiger charge is -2.08. The third kappa shape index (κ3) is 4.87. The molecule has 0 atom stereocenters. The third-order valence-corrected chi connectivity index (χ3v) is 2.19. The number of ether oxygens (including phenoxy) is 1. The molecule has 0 aliphatic rings. The van der Waals surface area contributed by atoms with Gasteiger partial charge in [-0.25, -0.2) is 5.43 Å².